The summed E-state index contributed by atoms with van der Waals surface area (Å²) in [6.45, 7) is 0. The molecule has 7 aromatic rings. The molecule has 0 spiro atoms. The fourth-order valence-corrected chi connectivity index (χ4v) is 6.38. The highest BCUT2D eigenvalue weighted by atomic mass is 16.5. The zero-order valence-corrected chi connectivity index (χ0v) is 22.0. The number of aromatic nitrogens is 1. The number of hydrogen-bond acceptors (Lipinski definition) is 4. The van der Waals surface area contributed by atoms with Crippen molar-refractivity contribution in [3.05, 3.63) is 139 Å². The molecule has 0 saturated heterocycles. The monoisotopic (exact) mass is 531 g/mol. The van der Waals surface area contributed by atoms with Crippen LogP contribution in [0.3, 0.4) is 0 Å². The molecule has 1 aromatic heterocycles. The molecule has 5 heteroatoms. The van der Waals surface area contributed by atoms with Gasteiger partial charge in [-0.2, -0.15) is 0 Å². The van der Waals surface area contributed by atoms with E-state index in [1.165, 1.54) is 21.8 Å². The average molecular weight is 532 g/mol. The summed E-state index contributed by atoms with van der Waals surface area (Å²) in [4.78, 5) is 0. The van der Waals surface area contributed by atoms with Crippen LogP contribution in [0, 0.1) is 0 Å². The van der Waals surface area contributed by atoms with Crippen LogP contribution >= 0.6 is 0 Å². The fourth-order valence-electron chi connectivity index (χ4n) is 6.38. The number of anilines is 2. The molecule has 0 saturated carbocycles. The molecular weight excluding hydrogens is 506 g/mol. The Kier molecular flexibility index (Phi) is 4.66. The lowest BCUT2D eigenvalue weighted by Gasteiger charge is -2.20. The highest BCUT2D eigenvalue weighted by molar-refractivity contribution is 6.09. The van der Waals surface area contributed by atoms with Crippen LogP contribution in [0.15, 0.2) is 127 Å². The smallest absolute Gasteiger partial charge is 0.197 e. The Morgan fingerprint density at radius 1 is 0.512 bits per heavy atom. The van der Waals surface area contributed by atoms with Gasteiger partial charge in [-0.05, 0) is 71.4 Å². The molecule has 2 aliphatic heterocycles. The van der Waals surface area contributed by atoms with E-state index in [0.717, 1.165) is 50.5 Å². The minimum Gasteiger partial charge on any atom is -0.464 e. The summed E-state index contributed by atoms with van der Waals surface area (Å²) in [5.41, 5.74) is 7.62. The molecule has 2 N–H and O–H groups in total. The summed E-state index contributed by atoms with van der Waals surface area (Å²) in [6, 6.07) is 44.6. The SMILES string of the molecule is c1ccc2c(c1)NC(c1cc(C3Nc4ccccc4O3)c3ccc(-n4c5ccccc5c5ccccc54)cc3c1)O2. The highest BCUT2D eigenvalue weighted by Crippen LogP contribution is 2.43. The van der Waals surface area contributed by atoms with Gasteiger partial charge in [-0.3, -0.25) is 0 Å². The molecule has 2 unspecified atom stereocenters. The van der Waals surface area contributed by atoms with Gasteiger partial charge in [0.15, 0.2) is 12.5 Å². The van der Waals surface area contributed by atoms with Crippen molar-refractivity contribution in [3.63, 3.8) is 0 Å². The number of ether oxygens (including phenoxy) is 2. The van der Waals surface area contributed by atoms with Crippen LogP contribution in [0.5, 0.6) is 11.5 Å². The van der Waals surface area contributed by atoms with Gasteiger partial charge in [0.1, 0.15) is 11.5 Å². The first-order valence-electron chi connectivity index (χ1n) is 13.9. The minimum atomic E-state index is -0.308. The molecule has 41 heavy (non-hydrogen) atoms. The lowest BCUT2D eigenvalue weighted by molar-refractivity contribution is 0.254. The zero-order chi connectivity index (χ0) is 26.9. The quantitative estimate of drug-likeness (QED) is 0.239. The number of para-hydroxylation sites is 6. The molecule has 196 valence electrons. The van der Waals surface area contributed by atoms with Crippen molar-refractivity contribution in [1.29, 1.82) is 0 Å². The van der Waals surface area contributed by atoms with Gasteiger partial charge >= 0.3 is 0 Å². The van der Waals surface area contributed by atoms with Crippen molar-refractivity contribution in [3.8, 4) is 17.2 Å². The van der Waals surface area contributed by atoms with Gasteiger partial charge in [0, 0.05) is 27.6 Å². The average Bonchev–Trinajstić information content (AvgIpc) is 3.74. The number of rotatable bonds is 3. The Morgan fingerprint density at radius 3 is 1.78 bits per heavy atom. The fraction of sp³-hybridized carbons (Fsp3) is 0.0556. The Morgan fingerprint density at radius 2 is 1.10 bits per heavy atom. The molecule has 0 fully saturated rings. The standard InChI is InChI=1S/C36H25N3O2/c1-5-13-31-26(9-1)27-10-2-6-14-32(27)39(31)24-17-18-25-22(20-24)19-23(35-37-29-11-3-7-15-33(29)40-35)21-28(25)36-38-30-12-4-8-16-34(30)41-36/h1-21,35-38H. The number of hydrogen-bond donors (Lipinski definition) is 2. The number of nitrogens with one attached hydrogen (secondary N) is 2. The molecular formula is C36H25N3O2. The molecule has 5 nitrogen and oxygen atoms in total. The molecule has 2 aliphatic rings. The van der Waals surface area contributed by atoms with Gasteiger partial charge in [0.2, 0.25) is 0 Å². The largest absolute Gasteiger partial charge is 0.464 e. The van der Waals surface area contributed by atoms with Crippen LogP contribution in [0.25, 0.3) is 38.3 Å². The maximum Gasteiger partial charge on any atom is 0.197 e. The second-order valence-corrected chi connectivity index (χ2v) is 10.7. The summed E-state index contributed by atoms with van der Waals surface area (Å²) < 4.78 is 15.1. The van der Waals surface area contributed by atoms with Crippen molar-refractivity contribution in [2.75, 3.05) is 10.6 Å². The second kappa shape index (κ2) is 8.54. The Labute approximate surface area is 236 Å². The normalized spacial score (nSPS) is 17.1. The van der Waals surface area contributed by atoms with Crippen molar-refractivity contribution >= 4 is 44.0 Å². The van der Waals surface area contributed by atoms with E-state index in [1.807, 2.05) is 36.4 Å². The van der Waals surface area contributed by atoms with Crippen molar-refractivity contribution in [2.24, 2.45) is 0 Å². The van der Waals surface area contributed by atoms with E-state index < -0.39 is 0 Å². The lowest BCUT2D eigenvalue weighted by Crippen LogP contribution is -2.15. The highest BCUT2D eigenvalue weighted by Gasteiger charge is 2.29. The summed E-state index contributed by atoms with van der Waals surface area (Å²) in [7, 11) is 0. The van der Waals surface area contributed by atoms with Gasteiger partial charge in [-0.25, -0.2) is 0 Å². The molecule has 3 heterocycles. The molecule has 0 radical (unpaired) electrons. The molecule has 0 aliphatic carbocycles. The van der Waals surface area contributed by atoms with Crippen LogP contribution in [0.4, 0.5) is 11.4 Å². The Hall–Kier alpha value is -5.42. The third-order valence-corrected chi connectivity index (χ3v) is 8.25. The molecule has 0 amide bonds. The predicted octanol–water partition coefficient (Wildman–Crippen LogP) is 8.94. The third-order valence-electron chi connectivity index (χ3n) is 8.25. The van der Waals surface area contributed by atoms with Gasteiger partial charge in [0.05, 0.1) is 22.4 Å². The first-order valence-corrected chi connectivity index (χ1v) is 13.9. The first-order chi connectivity index (χ1) is 20.3. The van der Waals surface area contributed by atoms with E-state index in [-0.39, 0.29) is 12.5 Å². The Bertz CT molecular complexity index is 2040. The summed E-state index contributed by atoms with van der Waals surface area (Å²) in [6.07, 6.45) is -0.603. The van der Waals surface area contributed by atoms with E-state index in [1.54, 1.807) is 0 Å². The Balaban J connectivity index is 1.24. The summed E-state index contributed by atoms with van der Waals surface area (Å²) >= 11 is 0. The maximum absolute atomic E-state index is 6.42. The minimum absolute atomic E-state index is 0.295. The second-order valence-electron chi connectivity index (χ2n) is 10.7. The van der Waals surface area contributed by atoms with Gasteiger partial charge < -0.3 is 24.7 Å². The van der Waals surface area contributed by atoms with Gasteiger partial charge in [0.25, 0.3) is 0 Å². The third kappa shape index (κ3) is 3.42. The van der Waals surface area contributed by atoms with E-state index in [9.17, 15) is 0 Å². The molecule has 9 rings (SSSR count). The maximum atomic E-state index is 6.42. The topological polar surface area (TPSA) is 47.5 Å². The van der Waals surface area contributed by atoms with Crippen molar-refractivity contribution in [1.82, 2.24) is 4.57 Å². The van der Waals surface area contributed by atoms with Crippen LogP contribution < -0.4 is 20.1 Å². The summed E-state index contributed by atoms with van der Waals surface area (Å²) in [5.74, 6) is 1.72. The van der Waals surface area contributed by atoms with Crippen LogP contribution in [-0.4, -0.2) is 4.57 Å². The van der Waals surface area contributed by atoms with E-state index in [2.05, 4.69) is 106 Å². The van der Waals surface area contributed by atoms with Crippen LogP contribution in [0.1, 0.15) is 23.6 Å². The first kappa shape index (κ1) is 22.4. The van der Waals surface area contributed by atoms with Gasteiger partial charge in [-0.1, -0.05) is 66.7 Å². The van der Waals surface area contributed by atoms with Gasteiger partial charge in [-0.15, -0.1) is 0 Å². The van der Waals surface area contributed by atoms with Crippen molar-refractivity contribution in [2.45, 2.75) is 12.5 Å². The number of fused-ring (bicyclic) bond motifs is 6. The predicted molar refractivity (Wildman–Crippen MR) is 165 cm³/mol. The van der Waals surface area contributed by atoms with Crippen molar-refractivity contribution < 1.29 is 9.47 Å². The molecule has 0 bridgehead atoms. The zero-order valence-electron chi connectivity index (χ0n) is 22.0. The lowest BCUT2D eigenvalue weighted by atomic mass is 9.98. The van der Waals surface area contributed by atoms with E-state index in [0.29, 0.717) is 0 Å². The van der Waals surface area contributed by atoms with Crippen LogP contribution in [0.2, 0.25) is 0 Å². The molecule has 2 atom stereocenters. The number of nitrogens with zero attached hydrogens (tertiary/aromatic N) is 1. The molecule has 6 aromatic carbocycles. The van der Waals surface area contributed by atoms with E-state index in [4.69, 9.17) is 9.47 Å². The summed E-state index contributed by atoms with van der Waals surface area (Å²) in [5, 5.41) is 11.9. The van der Waals surface area contributed by atoms with E-state index >= 15 is 0 Å². The number of benzene rings is 6. The van der Waals surface area contributed by atoms with Crippen LogP contribution in [-0.2, 0) is 0 Å².